The van der Waals surface area contributed by atoms with Crippen LogP contribution in [0.15, 0.2) is 24.3 Å². The van der Waals surface area contributed by atoms with Crippen molar-refractivity contribution in [1.82, 2.24) is 10.2 Å². The molecule has 7 nitrogen and oxygen atoms in total. The van der Waals surface area contributed by atoms with Gasteiger partial charge in [0.15, 0.2) is 9.84 Å². The Morgan fingerprint density at radius 1 is 1.19 bits per heavy atom. The first-order chi connectivity index (χ1) is 12.9. The lowest BCUT2D eigenvalue weighted by molar-refractivity contribution is 0.0707. The fourth-order valence-electron chi connectivity index (χ4n) is 3.63. The highest BCUT2D eigenvalue weighted by atomic mass is 32.2. The molecule has 2 fully saturated rings. The topological polar surface area (TPSA) is 92.8 Å². The zero-order valence-corrected chi connectivity index (χ0v) is 16.3. The number of rotatable bonds is 6. The number of carbonyl (C=O) groups excluding carboxylic acids is 2. The second kappa shape index (κ2) is 8.39. The highest BCUT2D eigenvalue weighted by molar-refractivity contribution is 7.91. The van der Waals surface area contributed by atoms with E-state index in [1.165, 1.54) is 0 Å². The normalized spacial score (nSPS) is 23.9. The Bertz CT molecular complexity index is 785. The zero-order valence-electron chi connectivity index (χ0n) is 15.5. The molecule has 2 aliphatic rings. The van der Waals surface area contributed by atoms with Crippen molar-refractivity contribution < 1.29 is 22.7 Å². The van der Waals surface area contributed by atoms with Gasteiger partial charge in [0.05, 0.1) is 17.6 Å². The summed E-state index contributed by atoms with van der Waals surface area (Å²) in [5, 5.41) is 2.85. The number of hydrogen-bond donors (Lipinski definition) is 1. The maximum atomic E-state index is 12.8. The first kappa shape index (κ1) is 19.8. The third-order valence-electron chi connectivity index (χ3n) is 5.16. The van der Waals surface area contributed by atoms with E-state index in [0.29, 0.717) is 30.6 Å². The molecule has 0 aromatic heterocycles. The summed E-state index contributed by atoms with van der Waals surface area (Å²) in [6.45, 7) is 3.52. The summed E-state index contributed by atoms with van der Waals surface area (Å²) in [5.41, 5.74) is 0.938. The summed E-state index contributed by atoms with van der Waals surface area (Å²) < 4.78 is 28.9. The molecule has 1 N–H and O–H groups in total. The molecule has 0 radical (unpaired) electrons. The van der Waals surface area contributed by atoms with Crippen LogP contribution < -0.4 is 5.32 Å². The van der Waals surface area contributed by atoms with E-state index in [1.54, 1.807) is 29.2 Å². The summed E-state index contributed by atoms with van der Waals surface area (Å²) in [5.74, 6) is -0.244. The monoisotopic (exact) mass is 394 g/mol. The van der Waals surface area contributed by atoms with Gasteiger partial charge in [-0.15, -0.1) is 0 Å². The summed E-state index contributed by atoms with van der Waals surface area (Å²) in [6, 6.07) is 6.21. The third-order valence-corrected chi connectivity index (χ3v) is 6.91. The Hall–Kier alpha value is -1.93. The quantitative estimate of drug-likeness (QED) is 0.784. The summed E-state index contributed by atoms with van der Waals surface area (Å²) in [7, 11) is -3.05. The van der Waals surface area contributed by atoms with Crippen LogP contribution in [0.3, 0.4) is 0 Å². The highest BCUT2D eigenvalue weighted by Gasteiger charge is 2.34. The van der Waals surface area contributed by atoms with Crippen molar-refractivity contribution in [3.8, 4) is 0 Å². The second-order valence-corrected chi connectivity index (χ2v) is 9.30. The Morgan fingerprint density at radius 3 is 2.44 bits per heavy atom. The van der Waals surface area contributed by atoms with Crippen LogP contribution in [0, 0.1) is 0 Å². The van der Waals surface area contributed by atoms with Crippen molar-refractivity contribution in [2.75, 3.05) is 31.2 Å². The van der Waals surface area contributed by atoms with Gasteiger partial charge in [-0.05, 0) is 50.5 Å². The maximum Gasteiger partial charge on any atom is 0.254 e. The predicted molar refractivity (Wildman–Crippen MR) is 102 cm³/mol. The van der Waals surface area contributed by atoms with E-state index >= 15 is 0 Å². The van der Waals surface area contributed by atoms with E-state index in [9.17, 15) is 18.0 Å². The van der Waals surface area contributed by atoms with Gasteiger partial charge in [0.2, 0.25) is 0 Å². The van der Waals surface area contributed by atoms with Gasteiger partial charge >= 0.3 is 0 Å². The predicted octanol–water partition coefficient (Wildman–Crippen LogP) is 1.24. The van der Waals surface area contributed by atoms with Gasteiger partial charge in [0.25, 0.3) is 11.8 Å². The SMILES string of the molecule is CCN(C(=O)c1ccc(C(=O)NCC2CCCO2)cc1)C1CCS(=O)(=O)C1. The number of carbonyl (C=O) groups is 2. The molecule has 148 valence electrons. The molecule has 0 saturated carbocycles. The van der Waals surface area contributed by atoms with Crippen LogP contribution in [0.4, 0.5) is 0 Å². The zero-order chi connectivity index (χ0) is 19.4. The fraction of sp³-hybridized carbons (Fsp3) is 0.579. The van der Waals surface area contributed by atoms with E-state index in [4.69, 9.17) is 4.74 Å². The molecular weight excluding hydrogens is 368 g/mol. The molecule has 2 unspecified atom stereocenters. The highest BCUT2D eigenvalue weighted by Crippen LogP contribution is 2.20. The summed E-state index contributed by atoms with van der Waals surface area (Å²) >= 11 is 0. The largest absolute Gasteiger partial charge is 0.376 e. The van der Waals surface area contributed by atoms with Crippen molar-refractivity contribution in [1.29, 1.82) is 0 Å². The summed E-state index contributed by atoms with van der Waals surface area (Å²) in [6.07, 6.45) is 2.53. The first-order valence-corrected chi connectivity index (χ1v) is 11.2. The number of benzene rings is 1. The lowest BCUT2D eigenvalue weighted by Crippen LogP contribution is -2.41. The molecule has 2 aliphatic heterocycles. The van der Waals surface area contributed by atoms with Gasteiger partial charge in [-0.25, -0.2) is 8.42 Å². The Kier molecular flexibility index (Phi) is 6.16. The van der Waals surface area contributed by atoms with Crippen molar-refractivity contribution in [3.63, 3.8) is 0 Å². The van der Waals surface area contributed by atoms with Crippen LogP contribution in [0.25, 0.3) is 0 Å². The van der Waals surface area contributed by atoms with Crippen LogP contribution in [-0.4, -0.2) is 68.5 Å². The summed E-state index contributed by atoms with van der Waals surface area (Å²) in [4.78, 5) is 26.6. The molecule has 0 bridgehead atoms. The van der Waals surface area contributed by atoms with E-state index in [2.05, 4.69) is 5.32 Å². The number of nitrogens with one attached hydrogen (secondary N) is 1. The van der Waals surface area contributed by atoms with Crippen LogP contribution >= 0.6 is 0 Å². The van der Waals surface area contributed by atoms with Gasteiger partial charge < -0.3 is 15.0 Å². The maximum absolute atomic E-state index is 12.8. The lowest BCUT2D eigenvalue weighted by Gasteiger charge is -2.27. The Balaban J connectivity index is 1.61. The van der Waals surface area contributed by atoms with Gasteiger partial charge in [-0.1, -0.05) is 0 Å². The van der Waals surface area contributed by atoms with E-state index in [1.807, 2.05) is 6.92 Å². The van der Waals surface area contributed by atoms with Gasteiger partial charge in [0.1, 0.15) is 0 Å². The number of nitrogens with zero attached hydrogens (tertiary/aromatic N) is 1. The minimum atomic E-state index is -3.05. The molecule has 2 saturated heterocycles. The van der Waals surface area contributed by atoms with E-state index in [-0.39, 0.29) is 35.5 Å². The minimum Gasteiger partial charge on any atom is -0.376 e. The third kappa shape index (κ3) is 4.87. The van der Waals surface area contributed by atoms with Crippen molar-refractivity contribution in [2.24, 2.45) is 0 Å². The van der Waals surface area contributed by atoms with Crippen molar-refractivity contribution in [3.05, 3.63) is 35.4 Å². The van der Waals surface area contributed by atoms with E-state index in [0.717, 1.165) is 19.4 Å². The Labute approximate surface area is 160 Å². The smallest absolute Gasteiger partial charge is 0.254 e. The lowest BCUT2D eigenvalue weighted by atomic mass is 10.1. The average molecular weight is 394 g/mol. The second-order valence-electron chi connectivity index (χ2n) is 7.07. The number of amides is 2. The molecule has 8 heteroatoms. The van der Waals surface area contributed by atoms with Gasteiger partial charge in [0, 0.05) is 36.9 Å². The minimum absolute atomic E-state index is 0.0241. The fourth-order valence-corrected chi connectivity index (χ4v) is 5.36. The van der Waals surface area contributed by atoms with Crippen LogP contribution in [-0.2, 0) is 14.6 Å². The van der Waals surface area contributed by atoms with Crippen molar-refractivity contribution in [2.45, 2.75) is 38.3 Å². The average Bonchev–Trinajstić information content (AvgIpc) is 3.30. The molecule has 2 heterocycles. The Morgan fingerprint density at radius 2 is 1.89 bits per heavy atom. The molecular formula is C19H26N2O5S. The number of hydrogen-bond acceptors (Lipinski definition) is 5. The molecule has 2 amide bonds. The molecule has 0 aliphatic carbocycles. The van der Waals surface area contributed by atoms with Crippen molar-refractivity contribution >= 4 is 21.7 Å². The molecule has 27 heavy (non-hydrogen) atoms. The van der Waals surface area contributed by atoms with Gasteiger partial charge in [-0.3, -0.25) is 9.59 Å². The molecule has 1 aromatic rings. The molecule has 2 atom stereocenters. The number of ether oxygens (including phenoxy) is 1. The first-order valence-electron chi connectivity index (χ1n) is 9.41. The van der Waals surface area contributed by atoms with Gasteiger partial charge in [-0.2, -0.15) is 0 Å². The van der Waals surface area contributed by atoms with E-state index < -0.39 is 9.84 Å². The molecule has 0 spiro atoms. The van der Waals surface area contributed by atoms with Crippen LogP contribution in [0.5, 0.6) is 0 Å². The standard InChI is InChI=1S/C19H26N2O5S/c1-2-21(16-9-11-27(24,25)13-16)19(23)15-7-5-14(6-8-15)18(22)20-12-17-4-3-10-26-17/h5-8,16-17H,2-4,9-13H2,1H3,(H,20,22). The van der Waals surface area contributed by atoms with Crippen LogP contribution in [0.2, 0.25) is 0 Å². The molecule has 1 aromatic carbocycles. The van der Waals surface area contributed by atoms with Crippen LogP contribution in [0.1, 0.15) is 46.9 Å². The number of sulfone groups is 1. The molecule has 3 rings (SSSR count).